The van der Waals surface area contributed by atoms with Crippen LogP contribution in [0.4, 0.5) is 5.69 Å². The number of carbonyl (C=O) groups is 2. The summed E-state index contributed by atoms with van der Waals surface area (Å²) in [5.74, 6) is -1.18. The second-order valence-corrected chi connectivity index (χ2v) is 3.81. The molecule has 0 aromatic heterocycles. The molecule has 5 nitrogen and oxygen atoms in total. The Morgan fingerprint density at radius 1 is 1.29 bits per heavy atom. The van der Waals surface area contributed by atoms with Gasteiger partial charge < -0.3 is 15.3 Å². The lowest BCUT2D eigenvalue weighted by Gasteiger charge is -2.16. The number of anilines is 1. The summed E-state index contributed by atoms with van der Waals surface area (Å²) in [5, 5.41) is 11.1. The van der Waals surface area contributed by atoms with E-state index in [0.29, 0.717) is 5.56 Å². The number of carboxylic acid groups (broad SMARTS) is 1. The Hall–Kier alpha value is -2.04. The smallest absolute Gasteiger partial charge is 0.305 e. The molecule has 92 valence electrons. The third-order valence-corrected chi connectivity index (χ3v) is 2.25. The minimum absolute atomic E-state index is 0.0735. The maximum absolute atomic E-state index is 11.8. The maximum Gasteiger partial charge on any atom is 0.305 e. The zero-order chi connectivity index (χ0) is 12.8. The van der Waals surface area contributed by atoms with Crippen molar-refractivity contribution in [3.8, 4) is 0 Å². The van der Waals surface area contributed by atoms with Crippen molar-refractivity contribution in [3.63, 3.8) is 0 Å². The molecule has 0 aliphatic carbocycles. The van der Waals surface area contributed by atoms with E-state index >= 15 is 0 Å². The van der Waals surface area contributed by atoms with Crippen molar-refractivity contribution in [2.45, 2.75) is 6.42 Å². The Morgan fingerprint density at radius 2 is 1.94 bits per heavy atom. The molecule has 0 unspecified atom stereocenters. The van der Waals surface area contributed by atoms with E-state index < -0.39 is 5.97 Å². The van der Waals surface area contributed by atoms with Crippen LogP contribution in [0.3, 0.4) is 0 Å². The topological polar surface area (TPSA) is 69.6 Å². The van der Waals surface area contributed by atoms with Crippen LogP contribution in [-0.2, 0) is 4.79 Å². The van der Waals surface area contributed by atoms with Crippen LogP contribution in [0.25, 0.3) is 0 Å². The van der Waals surface area contributed by atoms with Gasteiger partial charge in [-0.05, 0) is 12.1 Å². The summed E-state index contributed by atoms with van der Waals surface area (Å²) in [6.45, 7) is 0.135. The van der Waals surface area contributed by atoms with Crippen molar-refractivity contribution in [1.29, 1.82) is 0 Å². The van der Waals surface area contributed by atoms with Gasteiger partial charge in [0.25, 0.3) is 5.91 Å². The number of hydrogen-bond donors (Lipinski definition) is 2. The molecular formula is C12H16N2O3. The molecule has 0 radical (unpaired) electrons. The number of benzene rings is 1. The Bertz CT molecular complexity index is 416. The lowest BCUT2D eigenvalue weighted by molar-refractivity contribution is -0.136. The number of aliphatic carboxylic acids is 1. The minimum atomic E-state index is -0.925. The molecule has 2 N–H and O–H groups in total. The van der Waals surface area contributed by atoms with Crippen molar-refractivity contribution in [2.24, 2.45) is 0 Å². The molecule has 5 heteroatoms. The van der Waals surface area contributed by atoms with E-state index in [0.717, 1.165) is 5.69 Å². The van der Waals surface area contributed by atoms with Crippen molar-refractivity contribution < 1.29 is 14.7 Å². The SMILES string of the molecule is CN(C)c1ccccc1C(=O)NCCC(=O)O. The van der Waals surface area contributed by atoms with Gasteiger partial charge in [-0.15, -0.1) is 0 Å². The van der Waals surface area contributed by atoms with Gasteiger partial charge in [-0.1, -0.05) is 12.1 Å². The summed E-state index contributed by atoms with van der Waals surface area (Å²) in [5.41, 5.74) is 1.35. The number of para-hydroxylation sites is 1. The second kappa shape index (κ2) is 5.89. The van der Waals surface area contributed by atoms with Crippen LogP contribution >= 0.6 is 0 Å². The van der Waals surface area contributed by atoms with Crippen LogP contribution in [0.2, 0.25) is 0 Å². The summed E-state index contributed by atoms with van der Waals surface area (Å²) >= 11 is 0. The van der Waals surface area contributed by atoms with Gasteiger partial charge in [-0.3, -0.25) is 9.59 Å². The Morgan fingerprint density at radius 3 is 2.53 bits per heavy atom. The van der Waals surface area contributed by atoms with Gasteiger partial charge in [0.05, 0.1) is 12.0 Å². The lowest BCUT2D eigenvalue weighted by Crippen LogP contribution is -2.27. The third kappa shape index (κ3) is 3.79. The predicted molar refractivity (Wildman–Crippen MR) is 65.4 cm³/mol. The molecule has 17 heavy (non-hydrogen) atoms. The quantitative estimate of drug-likeness (QED) is 0.798. The summed E-state index contributed by atoms with van der Waals surface area (Å²) in [6.07, 6.45) is -0.0735. The molecule has 0 atom stereocenters. The molecule has 0 heterocycles. The Kier molecular flexibility index (Phi) is 4.51. The van der Waals surface area contributed by atoms with Gasteiger partial charge in [0, 0.05) is 26.3 Å². The third-order valence-electron chi connectivity index (χ3n) is 2.25. The number of carbonyl (C=O) groups excluding carboxylic acids is 1. The molecule has 0 fully saturated rings. The standard InChI is InChI=1S/C12H16N2O3/c1-14(2)10-6-4-3-5-9(10)12(17)13-8-7-11(15)16/h3-6H,7-8H2,1-2H3,(H,13,17)(H,15,16). The molecule has 1 aromatic rings. The van der Waals surface area contributed by atoms with Crippen molar-refractivity contribution in [1.82, 2.24) is 5.32 Å². The average Bonchev–Trinajstić information content (AvgIpc) is 2.28. The second-order valence-electron chi connectivity index (χ2n) is 3.81. The van der Waals surface area contributed by atoms with Crippen molar-refractivity contribution >= 4 is 17.6 Å². The molecule has 0 aliphatic rings. The molecule has 0 spiro atoms. The fourth-order valence-electron chi connectivity index (χ4n) is 1.43. The first kappa shape index (κ1) is 13.0. The highest BCUT2D eigenvalue weighted by Crippen LogP contribution is 2.17. The zero-order valence-corrected chi connectivity index (χ0v) is 9.93. The zero-order valence-electron chi connectivity index (χ0n) is 9.93. The van der Waals surface area contributed by atoms with Crippen LogP contribution in [0.1, 0.15) is 16.8 Å². The fraction of sp³-hybridized carbons (Fsp3) is 0.333. The van der Waals surface area contributed by atoms with Gasteiger partial charge in [0.1, 0.15) is 0 Å². The van der Waals surface area contributed by atoms with Gasteiger partial charge in [0.2, 0.25) is 0 Å². The van der Waals surface area contributed by atoms with Crippen LogP contribution < -0.4 is 10.2 Å². The first-order valence-corrected chi connectivity index (χ1v) is 5.28. The summed E-state index contributed by atoms with van der Waals surface area (Å²) in [4.78, 5) is 24.0. The van der Waals surface area contributed by atoms with Gasteiger partial charge in [-0.2, -0.15) is 0 Å². The number of nitrogens with one attached hydrogen (secondary N) is 1. The van der Waals surface area contributed by atoms with E-state index in [-0.39, 0.29) is 18.9 Å². The number of carboxylic acids is 1. The molecule has 0 saturated carbocycles. The van der Waals surface area contributed by atoms with E-state index in [1.54, 1.807) is 12.1 Å². The lowest BCUT2D eigenvalue weighted by atomic mass is 10.1. The van der Waals surface area contributed by atoms with E-state index in [1.165, 1.54) is 0 Å². The largest absolute Gasteiger partial charge is 0.481 e. The highest BCUT2D eigenvalue weighted by atomic mass is 16.4. The fourth-order valence-corrected chi connectivity index (χ4v) is 1.43. The Balaban J connectivity index is 2.71. The number of hydrogen-bond acceptors (Lipinski definition) is 3. The molecular weight excluding hydrogens is 220 g/mol. The van der Waals surface area contributed by atoms with E-state index in [2.05, 4.69) is 5.32 Å². The predicted octanol–water partition coefficient (Wildman–Crippen LogP) is 0.957. The Labute approximate surface area is 100 Å². The van der Waals surface area contributed by atoms with Crippen LogP contribution in [0.5, 0.6) is 0 Å². The number of rotatable bonds is 5. The average molecular weight is 236 g/mol. The molecule has 0 bridgehead atoms. The van der Waals surface area contributed by atoms with Gasteiger partial charge in [-0.25, -0.2) is 0 Å². The van der Waals surface area contributed by atoms with Crippen LogP contribution in [-0.4, -0.2) is 37.6 Å². The maximum atomic E-state index is 11.8. The molecule has 0 saturated heterocycles. The highest BCUT2D eigenvalue weighted by Gasteiger charge is 2.11. The normalized spacial score (nSPS) is 9.76. The van der Waals surface area contributed by atoms with Crippen molar-refractivity contribution in [2.75, 3.05) is 25.5 Å². The summed E-state index contributed by atoms with van der Waals surface area (Å²) in [6, 6.07) is 7.18. The van der Waals surface area contributed by atoms with Crippen LogP contribution in [0, 0.1) is 0 Å². The molecule has 0 aliphatic heterocycles. The molecule has 1 amide bonds. The summed E-state index contributed by atoms with van der Waals surface area (Å²) < 4.78 is 0. The van der Waals surface area contributed by atoms with Crippen LogP contribution in [0.15, 0.2) is 24.3 Å². The minimum Gasteiger partial charge on any atom is -0.481 e. The molecule has 1 rings (SSSR count). The van der Waals surface area contributed by atoms with E-state index in [4.69, 9.17) is 5.11 Å². The van der Waals surface area contributed by atoms with Crippen molar-refractivity contribution in [3.05, 3.63) is 29.8 Å². The highest BCUT2D eigenvalue weighted by molar-refractivity contribution is 5.99. The first-order valence-electron chi connectivity index (χ1n) is 5.28. The summed E-state index contributed by atoms with van der Waals surface area (Å²) in [7, 11) is 3.70. The molecule has 1 aromatic carbocycles. The number of amides is 1. The first-order chi connectivity index (χ1) is 8.02. The van der Waals surface area contributed by atoms with E-state index in [1.807, 2.05) is 31.1 Å². The monoisotopic (exact) mass is 236 g/mol. The van der Waals surface area contributed by atoms with E-state index in [9.17, 15) is 9.59 Å². The number of nitrogens with zero attached hydrogens (tertiary/aromatic N) is 1. The van der Waals surface area contributed by atoms with Gasteiger partial charge >= 0.3 is 5.97 Å². The van der Waals surface area contributed by atoms with Gasteiger partial charge in [0.15, 0.2) is 0 Å².